The summed E-state index contributed by atoms with van der Waals surface area (Å²) in [6.07, 6.45) is 0.924. The van der Waals surface area contributed by atoms with Crippen LogP contribution in [0.15, 0.2) is 25.3 Å². The molecule has 0 aliphatic carbocycles. The Labute approximate surface area is 101 Å². The Kier molecular flexibility index (Phi) is 7.71. The number of ether oxygens (including phenoxy) is 3. The van der Waals surface area contributed by atoms with Crippen molar-refractivity contribution >= 4 is 11.9 Å². The van der Waals surface area contributed by atoms with Gasteiger partial charge in [0.15, 0.2) is 12.2 Å². The molecule has 17 heavy (non-hydrogen) atoms. The second kappa shape index (κ2) is 8.52. The van der Waals surface area contributed by atoms with E-state index < -0.39 is 24.1 Å². The first-order valence-corrected chi connectivity index (χ1v) is 5.25. The van der Waals surface area contributed by atoms with Crippen molar-refractivity contribution in [2.75, 3.05) is 13.2 Å². The summed E-state index contributed by atoms with van der Waals surface area (Å²) in [5.41, 5.74) is 0. The van der Waals surface area contributed by atoms with Crippen LogP contribution in [0, 0.1) is 0 Å². The van der Waals surface area contributed by atoms with Crippen LogP contribution in [0.2, 0.25) is 0 Å². The fourth-order valence-corrected chi connectivity index (χ4v) is 1.12. The van der Waals surface area contributed by atoms with E-state index in [1.54, 1.807) is 6.92 Å². The highest BCUT2D eigenvalue weighted by Crippen LogP contribution is 2.09. The monoisotopic (exact) mass is 242 g/mol. The molecule has 0 aliphatic rings. The Bertz CT molecular complexity index is 285. The van der Waals surface area contributed by atoms with Crippen LogP contribution in [0.1, 0.15) is 13.8 Å². The third-order valence-corrected chi connectivity index (χ3v) is 1.75. The first kappa shape index (κ1) is 15.4. The molecule has 0 spiro atoms. The number of hydrogen-bond donors (Lipinski definition) is 0. The van der Waals surface area contributed by atoms with E-state index in [9.17, 15) is 9.59 Å². The van der Waals surface area contributed by atoms with E-state index in [1.807, 2.05) is 0 Å². The van der Waals surface area contributed by atoms with Crippen LogP contribution in [0.5, 0.6) is 0 Å². The molecular weight excluding hydrogens is 224 g/mol. The number of esters is 2. The van der Waals surface area contributed by atoms with E-state index >= 15 is 0 Å². The minimum atomic E-state index is -1.02. The van der Waals surface area contributed by atoms with Gasteiger partial charge in [0.1, 0.15) is 0 Å². The van der Waals surface area contributed by atoms with E-state index in [1.165, 1.54) is 19.1 Å². The fraction of sp³-hybridized carbons (Fsp3) is 0.500. The summed E-state index contributed by atoms with van der Waals surface area (Å²) in [4.78, 5) is 22.5. The average molecular weight is 242 g/mol. The molecule has 0 amide bonds. The van der Waals surface area contributed by atoms with Crippen LogP contribution in [0.4, 0.5) is 0 Å². The second-order valence-electron chi connectivity index (χ2n) is 3.10. The molecule has 0 saturated heterocycles. The topological polar surface area (TPSA) is 61.8 Å². The van der Waals surface area contributed by atoms with Gasteiger partial charge in [0.05, 0.1) is 13.2 Å². The van der Waals surface area contributed by atoms with E-state index in [-0.39, 0.29) is 13.2 Å². The van der Waals surface area contributed by atoms with Crippen molar-refractivity contribution < 1.29 is 23.8 Å². The number of hydrogen-bond acceptors (Lipinski definition) is 5. The first-order chi connectivity index (χ1) is 8.06. The van der Waals surface area contributed by atoms with Crippen molar-refractivity contribution in [1.29, 1.82) is 0 Å². The Morgan fingerprint density at radius 2 is 2.00 bits per heavy atom. The molecule has 0 aliphatic heterocycles. The summed E-state index contributed by atoms with van der Waals surface area (Å²) in [7, 11) is 0. The minimum absolute atomic E-state index is 0.148. The van der Waals surface area contributed by atoms with E-state index in [4.69, 9.17) is 14.2 Å². The zero-order valence-electron chi connectivity index (χ0n) is 10.2. The van der Waals surface area contributed by atoms with E-state index in [0.29, 0.717) is 0 Å². The Balaban J connectivity index is 4.71. The summed E-state index contributed by atoms with van der Waals surface area (Å²) in [6.45, 7) is 10.3. The van der Waals surface area contributed by atoms with Crippen LogP contribution in [0.25, 0.3) is 0 Å². The van der Waals surface area contributed by atoms with Crippen molar-refractivity contribution in [3.8, 4) is 0 Å². The predicted molar refractivity (Wildman–Crippen MR) is 62.3 cm³/mol. The van der Waals surface area contributed by atoms with Crippen LogP contribution >= 0.6 is 0 Å². The molecule has 5 nitrogen and oxygen atoms in total. The maximum atomic E-state index is 11.6. The SMILES string of the molecule is C=CCOC(C(=O)OCC)C(C=C)OC(C)=O. The van der Waals surface area contributed by atoms with Crippen molar-refractivity contribution in [1.82, 2.24) is 0 Å². The smallest absolute Gasteiger partial charge is 0.339 e. The highest BCUT2D eigenvalue weighted by Gasteiger charge is 2.30. The first-order valence-electron chi connectivity index (χ1n) is 5.25. The standard InChI is InChI=1S/C12H18O5/c1-5-8-16-11(12(14)15-7-3)10(6-2)17-9(4)13/h5-6,10-11H,1-2,7-8H2,3-4H3. The molecule has 5 heteroatoms. The summed E-state index contributed by atoms with van der Waals surface area (Å²) < 4.78 is 15.0. The fourth-order valence-electron chi connectivity index (χ4n) is 1.12. The minimum Gasteiger partial charge on any atom is -0.464 e. The zero-order chi connectivity index (χ0) is 13.3. The van der Waals surface area contributed by atoms with Gasteiger partial charge >= 0.3 is 11.9 Å². The largest absolute Gasteiger partial charge is 0.464 e. The number of carbonyl (C=O) groups excluding carboxylic acids is 2. The summed E-state index contributed by atoms with van der Waals surface area (Å²) in [6, 6.07) is 0. The van der Waals surface area contributed by atoms with Crippen molar-refractivity contribution in [2.45, 2.75) is 26.1 Å². The lowest BCUT2D eigenvalue weighted by Gasteiger charge is -2.22. The molecule has 0 saturated carbocycles. The van der Waals surface area contributed by atoms with Crippen molar-refractivity contribution in [3.05, 3.63) is 25.3 Å². The predicted octanol–water partition coefficient (Wildman–Crippen LogP) is 1.24. The van der Waals surface area contributed by atoms with Crippen LogP contribution in [-0.2, 0) is 23.8 Å². The Morgan fingerprint density at radius 1 is 1.35 bits per heavy atom. The molecule has 96 valence electrons. The lowest BCUT2D eigenvalue weighted by atomic mass is 10.2. The van der Waals surface area contributed by atoms with Gasteiger partial charge in [0, 0.05) is 6.92 Å². The molecule has 0 rings (SSSR count). The number of rotatable bonds is 8. The molecule has 0 fully saturated rings. The molecule has 0 heterocycles. The zero-order valence-corrected chi connectivity index (χ0v) is 10.2. The van der Waals surface area contributed by atoms with E-state index in [0.717, 1.165) is 0 Å². The van der Waals surface area contributed by atoms with Crippen molar-refractivity contribution in [2.24, 2.45) is 0 Å². The second-order valence-corrected chi connectivity index (χ2v) is 3.10. The average Bonchev–Trinajstić information content (AvgIpc) is 2.27. The van der Waals surface area contributed by atoms with Crippen LogP contribution < -0.4 is 0 Å². The van der Waals surface area contributed by atoms with Gasteiger partial charge in [-0.3, -0.25) is 4.79 Å². The summed E-state index contributed by atoms with van der Waals surface area (Å²) >= 11 is 0. The van der Waals surface area contributed by atoms with E-state index in [2.05, 4.69) is 13.2 Å². The molecule has 0 aromatic carbocycles. The van der Waals surface area contributed by atoms with Gasteiger partial charge in [-0.1, -0.05) is 12.7 Å². The normalized spacial score (nSPS) is 13.3. The lowest BCUT2D eigenvalue weighted by Crippen LogP contribution is -2.39. The quantitative estimate of drug-likeness (QED) is 0.473. The number of carbonyl (C=O) groups is 2. The Morgan fingerprint density at radius 3 is 2.41 bits per heavy atom. The van der Waals surface area contributed by atoms with Crippen LogP contribution in [0.3, 0.4) is 0 Å². The van der Waals surface area contributed by atoms with Crippen molar-refractivity contribution in [3.63, 3.8) is 0 Å². The highest BCUT2D eigenvalue weighted by molar-refractivity contribution is 5.76. The summed E-state index contributed by atoms with van der Waals surface area (Å²) in [5, 5.41) is 0. The van der Waals surface area contributed by atoms with Gasteiger partial charge in [0.2, 0.25) is 0 Å². The molecule has 2 unspecified atom stereocenters. The van der Waals surface area contributed by atoms with Gasteiger partial charge in [-0.2, -0.15) is 0 Å². The molecule has 0 bridgehead atoms. The van der Waals surface area contributed by atoms with Gasteiger partial charge in [-0.25, -0.2) is 4.79 Å². The molecule has 0 radical (unpaired) electrons. The molecule has 0 aromatic rings. The third-order valence-electron chi connectivity index (χ3n) is 1.75. The maximum Gasteiger partial charge on any atom is 0.339 e. The highest BCUT2D eigenvalue weighted by atomic mass is 16.6. The molecular formula is C12H18O5. The van der Waals surface area contributed by atoms with Gasteiger partial charge < -0.3 is 14.2 Å². The van der Waals surface area contributed by atoms with Gasteiger partial charge in [-0.15, -0.1) is 6.58 Å². The third kappa shape index (κ3) is 5.87. The molecule has 0 aromatic heterocycles. The van der Waals surface area contributed by atoms with Crippen LogP contribution in [-0.4, -0.2) is 37.4 Å². The summed E-state index contributed by atoms with van der Waals surface area (Å²) in [5.74, 6) is -1.12. The van der Waals surface area contributed by atoms with Gasteiger partial charge in [-0.05, 0) is 13.0 Å². The Hall–Kier alpha value is -1.62. The molecule has 0 N–H and O–H groups in total. The van der Waals surface area contributed by atoms with Gasteiger partial charge in [0.25, 0.3) is 0 Å². The lowest BCUT2D eigenvalue weighted by molar-refractivity contribution is -0.168. The molecule has 2 atom stereocenters. The maximum absolute atomic E-state index is 11.6.